The predicted octanol–water partition coefficient (Wildman–Crippen LogP) is 1.58. The minimum absolute atomic E-state index is 0.0313. The topological polar surface area (TPSA) is 165 Å². The molecule has 4 aliphatic rings. The monoisotopic (exact) mass is 687 g/mol. The number of rotatable bonds is 10. The summed E-state index contributed by atoms with van der Waals surface area (Å²) in [7, 11) is -7.16. The van der Waals surface area contributed by atoms with Crippen LogP contribution in [0.2, 0.25) is 0 Å². The van der Waals surface area contributed by atoms with Gasteiger partial charge in [-0.15, -0.1) is 9.03 Å². The van der Waals surface area contributed by atoms with Crippen LogP contribution in [-0.2, 0) is 34.0 Å². The Hall–Kier alpha value is -0.520. The van der Waals surface area contributed by atoms with E-state index < -0.39 is 81.9 Å². The fraction of sp³-hybridized carbons (Fsp3) is 1.00. The fourth-order valence-corrected chi connectivity index (χ4v) is 9.40. The Kier molecular flexibility index (Phi) is 12.1. The molecule has 20 heteroatoms. The molecule has 0 spiro atoms. The molecule has 2 heterocycles. The van der Waals surface area contributed by atoms with Gasteiger partial charge in [0.1, 0.15) is 51.5 Å². The molecule has 12 nitrogen and oxygen atoms in total. The van der Waals surface area contributed by atoms with Crippen molar-refractivity contribution in [3.8, 4) is 0 Å². The Bertz CT molecular complexity index is 1030. The molecule has 4 fully saturated rings. The number of sulfonamides is 2. The van der Waals surface area contributed by atoms with E-state index >= 15 is 0 Å². The van der Waals surface area contributed by atoms with Crippen molar-refractivity contribution in [2.75, 3.05) is 26.0 Å². The molecule has 9 atom stereocenters. The largest absolute Gasteiger partial charge is 0.598 e. The van der Waals surface area contributed by atoms with E-state index in [4.69, 9.17) is 4.74 Å². The lowest BCUT2D eigenvalue weighted by Crippen LogP contribution is -2.76. The maximum Gasteiger partial charge on any atom is 0.411 e. The summed E-state index contributed by atoms with van der Waals surface area (Å²) in [6, 6.07) is -1.21. The van der Waals surface area contributed by atoms with Crippen LogP contribution in [0.1, 0.15) is 64.2 Å². The third-order valence-electron chi connectivity index (χ3n) is 8.57. The second-order valence-corrected chi connectivity index (χ2v) is 16.2. The highest BCUT2D eigenvalue weighted by Gasteiger charge is 2.45. The van der Waals surface area contributed by atoms with Crippen molar-refractivity contribution in [2.45, 2.75) is 119 Å². The zero-order valence-electron chi connectivity index (χ0n) is 24.4. The van der Waals surface area contributed by atoms with Crippen LogP contribution in [0.5, 0.6) is 0 Å². The van der Waals surface area contributed by atoms with Gasteiger partial charge >= 0.3 is 12.4 Å². The summed E-state index contributed by atoms with van der Waals surface area (Å²) in [6.45, 7) is -1.15. The molecule has 258 valence electrons. The molecule has 0 bridgehead atoms. The first kappa shape index (κ1) is 36.3. The summed E-state index contributed by atoms with van der Waals surface area (Å²) in [5.41, 5.74) is 0. The summed E-state index contributed by atoms with van der Waals surface area (Å²) in [6.07, 6.45) is -7.57. The van der Waals surface area contributed by atoms with Crippen molar-refractivity contribution in [1.29, 1.82) is 0 Å². The zero-order chi connectivity index (χ0) is 32.3. The second kappa shape index (κ2) is 14.7. The average Bonchev–Trinajstić information content (AvgIpc) is 2.91. The van der Waals surface area contributed by atoms with E-state index in [1.165, 1.54) is 4.31 Å². The quantitative estimate of drug-likeness (QED) is 0.147. The summed E-state index contributed by atoms with van der Waals surface area (Å²) in [5, 5.41) is 14.2. The van der Waals surface area contributed by atoms with E-state index in [9.17, 15) is 43.9 Å². The van der Waals surface area contributed by atoms with Crippen molar-refractivity contribution in [3.05, 3.63) is 0 Å². The van der Waals surface area contributed by atoms with Gasteiger partial charge in [0.2, 0.25) is 0 Å². The number of hydrogen-bond acceptors (Lipinski definition) is 10. The predicted molar refractivity (Wildman–Crippen MR) is 148 cm³/mol. The molecule has 2 saturated carbocycles. The van der Waals surface area contributed by atoms with Gasteiger partial charge < -0.3 is 13.8 Å². The van der Waals surface area contributed by atoms with Gasteiger partial charge in [0.15, 0.2) is 6.35 Å². The van der Waals surface area contributed by atoms with Crippen LogP contribution in [0.25, 0.3) is 0 Å². The molecule has 2 aliphatic heterocycles. The number of nitrogens with zero attached hydrogens (tertiary/aromatic N) is 1. The molecule has 2 saturated heterocycles. The first-order chi connectivity index (χ1) is 20.4. The number of ether oxygens (including phenoxy) is 1. The van der Waals surface area contributed by atoms with Gasteiger partial charge in [-0.1, -0.05) is 14.8 Å². The van der Waals surface area contributed by atoms with E-state index in [0.29, 0.717) is 44.9 Å². The van der Waals surface area contributed by atoms with Crippen molar-refractivity contribution < 1.29 is 48.6 Å². The van der Waals surface area contributed by atoms with Gasteiger partial charge in [-0.05, 0) is 51.4 Å². The standard InChI is InChI=1S/C24H43F6N7O5S2/c1-43(38,39)36-18-6-3-7-19(13-18)44(40,41)37-10-8-16(9-11-37)31-20-33-21(35-22(34-20)42-14-23(25,26)27)32-17-5-2-4-15(12-17)24(28,29)30/h15-22,31-35H,2-14H2,1H3,(H-2,36,38,39,40,41). The minimum Gasteiger partial charge on any atom is -0.598 e. The Labute approximate surface area is 255 Å². The third kappa shape index (κ3) is 11.0. The Morgan fingerprint density at radius 2 is 1.41 bits per heavy atom. The summed E-state index contributed by atoms with van der Waals surface area (Å²) in [5.74, 6) is -1.46. The SMILES string of the molecule is C[S+](=O)([O-])NC1CCCC([S+](=O)([O-])N2CCC(NC3NC(NC4CCCC(C(F)(F)F)C4)NC(OCC(F)(F)F)N3)CC2)C1. The van der Waals surface area contributed by atoms with Crippen LogP contribution in [-0.4, -0.2) is 94.0 Å². The molecule has 2 aliphatic carbocycles. The molecule has 0 aromatic carbocycles. The van der Waals surface area contributed by atoms with Crippen LogP contribution in [0.15, 0.2) is 0 Å². The number of nitrogens with one attached hydrogen (secondary N) is 6. The molecule has 0 amide bonds. The van der Waals surface area contributed by atoms with E-state index in [-0.39, 0.29) is 38.4 Å². The maximum absolute atomic E-state index is 13.4. The first-order valence-electron chi connectivity index (χ1n) is 14.9. The highest BCUT2D eigenvalue weighted by atomic mass is 32.3. The van der Waals surface area contributed by atoms with Gasteiger partial charge in [0.25, 0.3) is 0 Å². The second-order valence-electron chi connectivity index (χ2n) is 12.2. The van der Waals surface area contributed by atoms with E-state index in [1.807, 2.05) is 0 Å². The summed E-state index contributed by atoms with van der Waals surface area (Å²) in [4.78, 5) is 0. The molecule has 9 unspecified atom stereocenters. The molecular formula is C24H43F6N7O5S2. The summed E-state index contributed by atoms with van der Waals surface area (Å²) >= 11 is 0. The smallest absolute Gasteiger partial charge is 0.411 e. The fourth-order valence-electron chi connectivity index (χ4n) is 6.50. The van der Waals surface area contributed by atoms with Crippen LogP contribution < -0.4 is 31.3 Å². The minimum atomic E-state index is -4.60. The van der Waals surface area contributed by atoms with Crippen molar-refractivity contribution >= 4 is 20.8 Å². The van der Waals surface area contributed by atoms with Gasteiger partial charge in [0.05, 0.1) is 12.0 Å². The van der Waals surface area contributed by atoms with Crippen molar-refractivity contribution in [1.82, 2.24) is 35.6 Å². The molecule has 0 radical (unpaired) electrons. The highest BCUT2D eigenvalue weighted by Crippen LogP contribution is 2.37. The highest BCUT2D eigenvalue weighted by molar-refractivity contribution is 7.96. The number of halogens is 6. The zero-order valence-corrected chi connectivity index (χ0v) is 26.0. The molecule has 0 aromatic rings. The van der Waals surface area contributed by atoms with Crippen LogP contribution in [0.3, 0.4) is 0 Å². The number of alkyl halides is 6. The van der Waals surface area contributed by atoms with Gasteiger partial charge in [-0.25, -0.2) is 0 Å². The Balaban J connectivity index is 1.31. The molecule has 44 heavy (non-hydrogen) atoms. The molecule has 0 aromatic heterocycles. The van der Waals surface area contributed by atoms with Gasteiger partial charge in [0, 0.05) is 31.6 Å². The number of piperidine rings is 1. The van der Waals surface area contributed by atoms with E-state index in [2.05, 4.69) is 31.3 Å². The van der Waals surface area contributed by atoms with Gasteiger partial charge in [-0.2, -0.15) is 26.3 Å². The number of hydrogen-bond donors (Lipinski definition) is 6. The first-order valence-corrected chi connectivity index (χ1v) is 18.3. The molecule has 4 rings (SSSR count). The summed E-state index contributed by atoms with van der Waals surface area (Å²) < 4.78 is 137. The van der Waals surface area contributed by atoms with Crippen molar-refractivity contribution in [3.63, 3.8) is 0 Å². The lowest BCUT2D eigenvalue weighted by molar-refractivity contribution is -0.199. The van der Waals surface area contributed by atoms with E-state index in [1.54, 1.807) is 0 Å². The lowest BCUT2D eigenvalue weighted by atomic mass is 9.85. The van der Waals surface area contributed by atoms with Crippen LogP contribution in [0.4, 0.5) is 26.3 Å². The van der Waals surface area contributed by atoms with Crippen LogP contribution in [0, 0.1) is 5.92 Å². The normalized spacial score (nSPS) is 36.4. The van der Waals surface area contributed by atoms with E-state index in [0.717, 1.165) is 6.26 Å². The van der Waals surface area contributed by atoms with Crippen LogP contribution >= 0.6 is 0 Å². The molecular weight excluding hydrogens is 644 g/mol. The third-order valence-corrected chi connectivity index (χ3v) is 11.7. The molecule has 6 N–H and O–H groups in total. The average molecular weight is 688 g/mol. The lowest BCUT2D eigenvalue weighted by Gasteiger charge is -2.44. The van der Waals surface area contributed by atoms with Gasteiger partial charge in [-0.3, -0.25) is 26.6 Å². The Morgan fingerprint density at radius 1 is 0.818 bits per heavy atom. The van der Waals surface area contributed by atoms with Crippen molar-refractivity contribution in [2.24, 2.45) is 5.92 Å². The Morgan fingerprint density at radius 3 is 2.00 bits per heavy atom. The maximum atomic E-state index is 13.4.